The first-order valence-corrected chi connectivity index (χ1v) is 4.51. The van der Waals surface area contributed by atoms with Crippen molar-refractivity contribution in [3.63, 3.8) is 0 Å². The van der Waals surface area contributed by atoms with Crippen molar-refractivity contribution < 1.29 is 22.4 Å². The topological polar surface area (TPSA) is 14.1 Å². The summed E-state index contributed by atoms with van der Waals surface area (Å²) < 4.78 is 0. The molecule has 0 bridgehead atoms. The number of hydrogen-bond donors (Lipinski definition) is 0. The molecule has 0 spiro atoms. The van der Waals surface area contributed by atoms with E-state index < -0.39 is 0 Å². The fraction of sp³-hybridized carbons (Fsp3) is 1.00. The summed E-state index contributed by atoms with van der Waals surface area (Å²) in [6.07, 6.45) is 5.15. The largest absolute Gasteiger partial charge is 0.660 e. The zero-order valence-corrected chi connectivity index (χ0v) is 11.2. The molecule has 0 aromatic rings. The van der Waals surface area contributed by atoms with E-state index in [9.17, 15) is 0 Å². The maximum atomic E-state index is 4.48. The van der Waals surface area contributed by atoms with Crippen LogP contribution < -0.4 is 0 Å². The van der Waals surface area contributed by atoms with E-state index in [0.717, 1.165) is 6.54 Å². The van der Waals surface area contributed by atoms with E-state index in [1.54, 1.807) is 0 Å². The average molecular weight is 323 g/mol. The summed E-state index contributed by atoms with van der Waals surface area (Å²) >= 11 is 0. The average Bonchev–Trinajstić information content (AvgIpc) is 1.98. The van der Waals surface area contributed by atoms with Crippen LogP contribution in [-0.4, -0.2) is 12.6 Å². The third kappa shape index (κ3) is 8.61. The molecule has 0 N–H and O–H groups in total. The van der Waals surface area contributed by atoms with Crippen LogP contribution in [0.3, 0.4) is 0 Å². The third-order valence-corrected chi connectivity index (χ3v) is 1.80. The minimum absolute atomic E-state index is 0. The number of unbranched alkanes of at least 4 members (excludes halogenated alkanes) is 1. The van der Waals surface area contributed by atoms with Crippen LogP contribution in [0.5, 0.6) is 0 Å². The van der Waals surface area contributed by atoms with Crippen LogP contribution in [0.1, 0.15) is 46.5 Å². The second-order valence-electron chi connectivity index (χ2n) is 2.70. The van der Waals surface area contributed by atoms with Gasteiger partial charge in [-0.2, -0.15) is 6.54 Å². The molecule has 0 saturated carbocycles. The Balaban J connectivity index is 0. The van der Waals surface area contributed by atoms with Crippen molar-refractivity contribution in [2.75, 3.05) is 6.54 Å². The van der Waals surface area contributed by atoms with E-state index in [0.29, 0.717) is 6.04 Å². The quantitative estimate of drug-likeness (QED) is 0.712. The predicted molar refractivity (Wildman–Crippen MR) is 47.5 cm³/mol. The molecular weight excluding hydrogens is 303 g/mol. The molecule has 1 unspecified atom stereocenters. The predicted octanol–water partition coefficient (Wildman–Crippen LogP) is 3.35. The maximum Gasteiger partial charge on any atom is 0 e. The Morgan fingerprint density at radius 1 is 1.18 bits per heavy atom. The van der Waals surface area contributed by atoms with Gasteiger partial charge in [0, 0.05) is 22.4 Å². The number of rotatable bonds is 6. The van der Waals surface area contributed by atoms with E-state index in [1.807, 2.05) is 0 Å². The molecule has 0 rings (SSSR count). The first-order valence-electron chi connectivity index (χ1n) is 4.51. The van der Waals surface area contributed by atoms with E-state index in [-0.39, 0.29) is 22.4 Å². The van der Waals surface area contributed by atoms with Gasteiger partial charge in [-0.3, -0.25) is 0 Å². The van der Waals surface area contributed by atoms with Gasteiger partial charge in [0.1, 0.15) is 0 Å². The van der Waals surface area contributed by atoms with Crippen molar-refractivity contribution in [3.8, 4) is 0 Å². The Hall–Kier alpha value is 0.700. The smallest absolute Gasteiger partial charge is 0 e. The third-order valence-electron chi connectivity index (χ3n) is 1.80. The van der Waals surface area contributed by atoms with E-state index in [1.165, 1.54) is 25.7 Å². The van der Waals surface area contributed by atoms with Crippen LogP contribution in [0, 0.1) is 0 Å². The van der Waals surface area contributed by atoms with Crippen LogP contribution >= 0.6 is 0 Å². The van der Waals surface area contributed by atoms with Gasteiger partial charge in [-0.25, -0.2) is 0 Å². The normalized spacial score (nSPS) is 12.3. The Morgan fingerprint density at radius 2 is 1.82 bits per heavy atom. The molecule has 0 saturated heterocycles. The molecule has 1 atom stereocenters. The van der Waals surface area contributed by atoms with Gasteiger partial charge in [-0.15, -0.1) is 6.04 Å². The van der Waals surface area contributed by atoms with Gasteiger partial charge in [0.15, 0.2) is 0 Å². The molecule has 0 heterocycles. The summed E-state index contributed by atoms with van der Waals surface area (Å²) in [7, 11) is 0. The molecule has 1 nitrogen and oxygen atoms in total. The monoisotopic (exact) mass is 323 g/mol. The molecule has 0 fully saturated rings. The van der Waals surface area contributed by atoms with Crippen LogP contribution in [0.25, 0.3) is 5.32 Å². The van der Waals surface area contributed by atoms with Crippen molar-refractivity contribution in [3.05, 3.63) is 5.32 Å². The van der Waals surface area contributed by atoms with Gasteiger partial charge in [0.05, 0.1) is 0 Å². The minimum atomic E-state index is 0. The molecular formula is C9H20NTa-. The van der Waals surface area contributed by atoms with Crippen molar-refractivity contribution in [1.29, 1.82) is 0 Å². The summed E-state index contributed by atoms with van der Waals surface area (Å²) in [5.41, 5.74) is 0. The minimum Gasteiger partial charge on any atom is -0.660 e. The molecule has 0 aromatic carbocycles. The van der Waals surface area contributed by atoms with Gasteiger partial charge in [0.25, 0.3) is 0 Å². The van der Waals surface area contributed by atoms with Crippen LogP contribution in [0.4, 0.5) is 0 Å². The zero-order chi connectivity index (χ0) is 7.82. The SMILES string of the molecule is CCCCC(CC)[N-]CC.[Ta]. The van der Waals surface area contributed by atoms with Crippen molar-refractivity contribution in [1.82, 2.24) is 0 Å². The number of hydrogen-bond acceptors (Lipinski definition) is 0. The molecule has 0 aliphatic rings. The van der Waals surface area contributed by atoms with Gasteiger partial charge < -0.3 is 5.32 Å². The summed E-state index contributed by atoms with van der Waals surface area (Å²) in [6, 6.07) is 0.643. The molecule has 11 heavy (non-hydrogen) atoms. The first kappa shape index (κ1) is 14.2. The van der Waals surface area contributed by atoms with Gasteiger partial charge in [-0.05, 0) is 0 Å². The van der Waals surface area contributed by atoms with Crippen molar-refractivity contribution in [2.45, 2.75) is 52.5 Å². The second-order valence-corrected chi connectivity index (χ2v) is 2.70. The fourth-order valence-electron chi connectivity index (χ4n) is 1.12. The fourth-order valence-corrected chi connectivity index (χ4v) is 1.12. The van der Waals surface area contributed by atoms with Gasteiger partial charge in [0.2, 0.25) is 0 Å². The Kier molecular flexibility index (Phi) is 13.8. The van der Waals surface area contributed by atoms with Crippen molar-refractivity contribution in [2.24, 2.45) is 0 Å². The molecule has 0 aliphatic carbocycles. The van der Waals surface area contributed by atoms with Crippen LogP contribution in [0.2, 0.25) is 0 Å². The van der Waals surface area contributed by atoms with E-state index >= 15 is 0 Å². The molecule has 0 aliphatic heterocycles. The van der Waals surface area contributed by atoms with E-state index in [2.05, 4.69) is 26.1 Å². The number of nitrogens with zero attached hydrogens (tertiary/aromatic N) is 1. The standard InChI is InChI=1S/C9H20N.Ta/c1-4-7-8-9(5-2)10-6-3;/h9H,4-8H2,1-3H3;/q-1;. The Bertz CT molecular complexity index is 66.6. The molecule has 0 amide bonds. The zero-order valence-electron chi connectivity index (χ0n) is 8.01. The van der Waals surface area contributed by atoms with Crippen molar-refractivity contribution >= 4 is 0 Å². The summed E-state index contributed by atoms with van der Waals surface area (Å²) in [6.45, 7) is 7.56. The van der Waals surface area contributed by atoms with Gasteiger partial charge >= 0.3 is 0 Å². The Morgan fingerprint density at radius 3 is 2.18 bits per heavy atom. The summed E-state index contributed by atoms with van der Waals surface area (Å²) in [5, 5.41) is 4.48. The second kappa shape index (κ2) is 10.7. The van der Waals surface area contributed by atoms with E-state index in [4.69, 9.17) is 0 Å². The van der Waals surface area contributed by atoms with Crippen LogP contribution in [0.15, 0.2) is 0 Å². The maximum absolute atomic E-state index is 4.48. The Labute approximate surface area is 86.8 Å². The van der Waals surface area contributed by atoms with Crippen LogP contribution in [-0.2, 0) is 22.4 Å². The summed E-state index contributed by atoms with van der Waals surface area (Å²) in [5.74, 6) is 0. The molecule has 0 aromatic heterocycles. The van der Waals surface area contributed by atoms with Gasteiger partial charge in [-0.1, -0.05) is 46.5 Å². The molecule has 67 valence electrons. The first-order chi connectivity index (χ1) is 4.85. The molecule has 2 heteroatoms. The molecule has 1 radical (unpaired) electrons. The summed E-state index contributed by atoms with van der Waals surface area (Å²) in [4.78, 5) is 0.